The summed E-state index contributed by atoms with van der Waals surface area (Å²) in [5.74, 6) is 5.69. The number of rotatable bonds is 9. The maximum absolute atomic E-state index is 5.69. The molecule has 0 radical (unpaired) electrons. The maximum Gasteiger partial charge on any atom is 0.0460 e. The molecule has 3 heteroatoms. The van der Waals surface area contributed by atoms with E-state index in [1.807, 2.05) is 6.08 Å². The second kappa shape index (κ2) is 8.73. The molecule has 0 bridgehead atoms. The normalized spacial score (nSPS) is 12.2. The van der Waals surface area contributed by atoms with Crippen molar-refractivity contribution in [1.82, 2.24) is 5.43 Å². The smallest absolute Gasteiger partial charge is 0.0460 e. The molecule has 0 amide bonds. The topological polar surface area (TPSA) is 41.3 Å². The molecule has 0 saturated heterocycles. The summed E-state index contributed by atoms with van der Waals surface area (Å²) < 4.78 is 0. The first-order chi connectivity index (χ1) is 9.19. The SMILES string of the molecule is C=CCCCCCC(NN)c1cccc(N(C)C)c1. The zero-order valence-corrected chi connectivity index (χ0v) is 12.2. The van der Waals surface area contributed by atoms with E-state index in [0.29, 0.717) is 0 Å². The lowest BCUT2D eigenvalue weighted by Gasteiger charge is -2.19. The Balaban J connectivity index is 2.54. The minimum atomic E-state index is 0.239. The van der Waals surface area contributed by atoms with Crippen LogP contribution < -0.4 is 16.2 Å². The van der Waals surface area contributed by atoms with Crippen LogP contribution in [0.5, 0.6) is 0 Å². The van der Waals surface area contributed by atoms with Gasteiger partial charge in [-0.3, -0.25) is 11.3 Å². The average Bonchev–Trinajstić information content (AvgIpc) is 2.43. The van der Waals surface area contributed by atoms with Crippen LogP contribution in [0.3, 0.4) is 0 Å². The van der Waals surface area contributed by atoms with E-state index < -0.39 is 0 Å². The summed E-state index contributed by atoms with van der Waals surface area (Å²) in [5, 5.41) is 0. The van der Waals surface area contributed by atoms with E-state index >= 15 is 0 Å². The lowest BCUT2D eigenvalue weighted by Crippen LogP contribution is -2.28. The number of unbranched alkanes of at least 4 members (excludes halogenated alkanes) is 3. The van der Waals surface area contributed by atoms with E-state index in [-0.39, 0.29) is 6.04 Å². The summed E-state index contributed by atoms with van der Waals surface area (Å²) in [5.41, 5.74) is 5.41. The van der Waals surface area contributed by atoms with Crippen molar-refractivity contribution >= 4 is 5.69 Å². The molecule has 19 heavy (non-hydrogen) atoms. The van der Waals surface area contributed by atoms with Crippen molar-refractivity contribution in [1.29, 1.82) is 0 Å². The number of hydrogen-bond acceptors (Lipinski definition) is 3. The van der Waals surface area contributed by atoms with E-state index in [1.165, 1.54) is 30.5 Å². The molecule has 0 aliphatic heterocycles. The Morgan fingerprint density at radius 1 is 1.32 bits per heavy atom. The molecule has 0 aromatic heterocycles. The van der Waals surface area contributed by atoms with Crippen LogP contribution in [0.25, 0.3) is 0 Å². The molecule has 0 saturated carbocycles. The van der Waals surface area contributed by atoms with Crippen LogP contribution >= 0.6 is 0 Å². The number of hydrazine groups is 1. The third kappa shape index (κ3) is 5.45. The van der Waals surface area contributed by atoms with Gasteiger partial charge in [0.25, 0.3) is 0 Å². The lowest BCUT2D eigenvalue weighted by atomic mass is 10.00. The lowest BCUT2D eigenvalue weighted by molar-refractivity contribution is 0.484. The van der Waals surface area contributed by atoms with Gasteiger partial charge in [-0.05, 0) is 37.0 Å². The standard InChI is InChI=1S/C16H27N3/c1-4-5-6-7-8-12-16(18-17)14-10-9-11-15(13-14)19(2)3/h4,9-11,13,16,18H,1,5-8,12,17H2,2-3H3. The third-order valence-electron chi connectivity index (χ3n) is 3.39. The monoisotopic (exact) mass is 261 g/mol. The highest BCUT2D eigenvalue weighted by atomic mass is 15.2. The molecule has 3 nitrogen and oxygen atoms in total. The van der Waals surface area contributed by atoms with Gasteiger partial charge in [-0.25, -0.2) is 0 Å². The fourth-order valence-electron chi connectivity index (χ4n) is 2.18. The van der Waals surface area contributed by atoms with Gasteiger partial charge in [0.1, 0.15) is 0 Å². The van der Waals surface area contributed by atoms with Gasteiger partial charge >= 0.3 is 0 Å². The van der Waals surface area contributed by atoms with Crippen LogP contribution in [-0.4, -0.2) is 14.1 Å². The molecule has 1 unspecified atom stereocenters. The summed E-state index contributed by atoms with van der Waals surface area (Å²) in [6.45, 7) is 3.75. The van der Waals surface area contributed by atoms with Crippen LogP contribution in [0.15, 0.2) is 36.9 Å². The summed E-state index contributed by atoms with van der Waals surface area (Å²) in [6, 6.07) is 8.78. The predicted octanol–water partition coefficient (Wildman–Crippen LogP) is 3.39. The minimum absolute atomic E-state index is 0.239. The molecule has 0 aliphatic rings. The van der Waals surface area contributed by atoms with Gasteiger partial charge in [0.2, 0.25) is 0 Å². The van der Waals surface area contributed by atoms with Gasteiger partial charge in [0.05, 0.1) is 0 Å². The Hall–Kier alpha value is -1.32. The Kier molecular flexibility index (Phi) is 7.23. The summed E-state index contributed by atoms with van der Waals surface area (Å²) in [7, 11) is 4.11. The molecule has 0 aliphatic carbocycles. The summed E-state index contributed by atoms with van der Waals surface area (Å²) in [4.78, 5) is 2.11. The van der Waals surface area contributed by atoms with Crippen LogP contribution in [0.1, 0.15) is 43.7 Å². The van der Waals surface area contributed by atoms with Crippen molar-refractivity contribution in [3.63, 3.8) is 0 Å². The quantitative estimate of drug-likeness (QED) is 0.310. The molecular weight excluding hydrogens is 234 g/mol. The molecule has 1 rings (SSSR count). The maximum atomic E-state index is 5.69. The van der Waals surface area contributed by atoms with Crippen molar-refractivity contribution in [3.05, 3.63) is 42.5 Å². The highest BCUT2D eigenvalue weighted by molar-refractivity contribution is 5.47. The van der Waals surface area contributed by atoms with Gasteiger partial charge in [-0.15, -0.1) is 6.58 Å². The summed E-state index contributed by atoms with van der Waals surface area (Å²) in [6.07, 6.45) is 7.81. The fourth-order valence-corrected chi connectivity index (χ4v) is 2.18. The van der Waals surface area contributed by atoms with Crippen molar-refractivity contribution in [3.8, 4) is 0 Å². The Labute approximate surface area is 117 Å². The van der Waals surface area contributed by atoms with Crippen molar-refractivity contribution < 1.29 is 0 Å². The number of nitrogens with one attached hydrogen (secondary N) is 1. The van der Waals surface area contributed by atoms with Crippen LogP contribution in [0, 0.1) is 0 Å². The van der Waals surface area contributed by atoms with Crippen molar-refractivity contribution in [2.75, 3.05) is 19.0 Å². The highest BCUT2D eigenvalue weighted by Crippen LogP contribution is 2.23. The molecule has 1 atom stereocenters. The molecular formula is C16H27N3. The average molecular weight is 261 g/mol. The van der Waals surface area contributed by atoms with Crippen molar-refractivity contribution in [2.24, 2.45) is 5.84 Å². The fraction of sp³-hybridized carbons (Fsp3) is 0.500. The first-order valence-corrected chi connectivity index (χ1v) is 7.03. The number of benzene rings is 1. The van der Waals surface area contributed by atoms with Gasteiger partial charge < -0.3 is 4.90 Å². The summed E-state index contributed by atoms with van der Waals surface area (Å²) >= 11 is 0. The van der Waals surface area contributed by atoms with Gasteiger partial charge in [-0.2, -0.15) is 0 Å². The van der Waals surface area contributed by atoms with E-state index in [4.69, 9.17) is 5.84 Å². The molecule has 1 aromatic carbocycles. The molecule has 0 spiro atoms. The Morgan fingerprint density at radius 2 is 2.11 bits per heavy atom. The van der Waals surface area contributed by atoms with Crippen LogP contribution in [0.2, 0.25) is 0 Å². The van der Waals surface area contributed by atoms with Crippen molar-refractivity contribution in [2.45, 2.75) is 38.1 Å². The van der Waals surface area contributed by atoms with E-state index in [1.54, 1.807) is 0 Å². The highest BCUT2D eigenvalue weighted by Gasteiger charge is 2.10. The number of hydrogen-bond donors (Lipinski definition) is 2. The van der Waals surface area contributed by atoms with E-state index in [0.717, 1.165) is 12.8 Å². The molecule has 0 heterocycles. The zero-order chi connectivity index (χ0) is 14.1. The van der Waals surface area contributed by atoms with E-state index in [2.05, 4.69) is 55.3 Å². The number of allylic oxidation sites excluding steroid dienone is 1. The first kappa shape index (κ1) is 15.7. The second-order valence-corrected chi connectivity index (χ2v) is 5.14. The van der Waals surface area contributed by atoms with Gasteiger partial charge in [-0.1, -0.05) is 31.1 Å². The van der Waals surface area contributed by atoms with Gasteiger partial charge in [0.15, 0.2) is 0 Å². The van der Waals surface area contributed by atoms with Crippen LogP contribution in [-0.2, 0) is 0 Å². The number of anilines is 1. The zero-order valence-electron chi connectivity index (χ0n) is 12.2. The minimum Gasteiger partial charge on any atom is -0.378 e. The molecule has 3 N–H and O–H groups in total. The second-order valence-electron chi connectivity index (χ2n) is 5.14. The van der Waals surface area contributed by atoms with Crippen LogP contribution in [0.4, 0.5) is 5.69 Å². The number of nitrogens with two attached hydrogens (primary N) is 1. The predicted molar refractivity (Wildman–Crippen MR) is 84.1 cm³/mol. The Morgan fingerprint density at radius 3 is 2.74 bits per heavy atom. The Bertz CT molecular complexity index is 374. The third-order valence-corrected chi connectivity index (χ3v) is 3.39. The molecule has 1 aromatic rings. The van der Waals surface area contributed by atoms with E-state index in [9.17, 15) is 0 Å². The molecule has 0 fully saturated rings. The first-order valence-electron chi connectivity index (χ1n) is 7.03. The van der Waals surface area contributed by atoms with Gasteiger partial charge in [0, 0.05) is 25.8 Å². The number of nitrogens with zero attached hydrogens (tertiary/aromatic N) is 1. The largest absolute Gasteiger partial charge is 0.378 e. The molecule has 106 valence electrons.